The lowest BCUT2D eigenvalue weighted by molar-refractivity contribution is -0.219. The van der Waals surface area contributed by atoms with Gasteiger partial charge in [-0.1, -0.05) is 70.6 Å². The SMILES string of the molecule is C=C1C=C[C@@]2(C)C(=C1)CCC1C3C[C@H](C)[C@](O)(C(=O)COC(=O)CCC(=O)O[C@H]4CCC5C6C(CC[C@@]54C)[C@@]4(C)CCC(=O)C=C4C[C@H]6C)[C@@]3(C)C[C@H](O)[C@@]12F. The number of Topliss-reactive ketones (excluding diaryl/α,β-unsaturated/α-hetero) is 1. The minimum Gasteiger partial charge on any atom is -0.462 e. The summed E-state index contributed by atoms with van der Waals surface area (Å²) < 4.78 is 29.1. The predicted octanol–water partition coefficient (Wildman–Crippen LogP) is 7.90. The topological polar surface area (TPSA) is 127 Å². The van der Waals surface area contributed by atoms with Crippen molar-refractivity contribution in [1.82, 2.24) is 0 Å². The third kappa shape index (κ3) is 5.40. The lowest BCUT2D eigenvalue weighted by Gasteiger charge is -2.62. The van der Waals surface area contributed by atoms with Crippen LogP contribution in [0.15, 0.2) is 47.6 Å². The van der Waals surface area contributed by atoms with Crippen molar-refractivity contribution < 1.29 is 43.3 Å². The number of hydrogen-bond acceptors (Lipinski definition) is 8. The van der Waals surface area contributed by atoms with Crippen LogP contribution in [0.4, 0.5) is 4.39 Å². The van der Waals surface area contributed by atoms with Crippen molar-refractivity contribution in [2.24, 2.45) is 63.1 Å². The number of allylic oxidation sites excluding steroid dienone is 6. The molecule has 6 saturated carbocycles. The summed E-state index contributed by atoms with van der Waals surface area (Å²) in [7, 11) is 0. The average molecular weight is 775 g/mol. The number of aliphatic hydroxyl groups is 2. The molecule has 8 nitrogen and oxygen atoms in total. The monoisotopic (exact) mass is 774 g/mol. The van der Waals surface area contributed by atoms with Gasteiger partial charge in [0.25, 0.3) is 0 Å². The van der Waals surface area contributed by atoms with Crippen LogP contribution in [0.25, 0.3) is 0 Å². The molecular formula is C47H63FO8. The summed E-state index contributed by atoms with van der Waals surface area (Å²) in [5, 5.41) is 24.0. The van der Waals surface area contributed by atoms with Crippen molar-refractivity contribution >= 4 is 23.5 Å². The minimum atomic E-state index is -1.98. The van der Waals surface area contributed by atoms with E-state index in [1.807, 2.05) is 25.2 Å². The first-order valence-electron chi connectivity index (χ1n) is 21.5. The van der Waals surface area contributed by atoms with Crippen LogP contribution in [0.3, 0.4) is 0 Å². The molecule has 5 unspecified atom stereocenters. The number of ketones is 2. The summed E-state index contributed by atoms with van der Waals surface area (Å²) in [5.41, 5.74) is -3.10. The van der Waals surface area contributed by atoms with Gasteiger partial charge in [-0.2, -0.15) is 0 Å². The molecule has 0 heterocycles. The van der Waals surface area contributed by atoms with Crippen molar-refractivity contribution in [3.8, 4) is 0 Å². The fraction of sp³-hybridized carbons (Fsp3) is 0.745. The Kier molecular flexibility index (Phi) is 9.48. The Bertz CT molecular complexity index is 1830. The first-order chi connectivity index (χ1) is 26.2. The second-order valence-electron chi connectivity index (χ2n) is 20.5. The molecule has 6 fully saturated rings. The molecule has 0 bridgehead atoms. The fourth-order valence-corrected chi connectivity index (χ4v) is 15.0. The van der Waals surface area contributed by atoms with Crippen molar-refractivity contribution in [3.05, 3.63) is 47.6 Å². The molecule has 2 N–H and O–H groups in total. The van der Waals surface area contributed by atoms with Crippen LogP contribution >= 0.6 is 0 Å². The zero-order chi connectivity index (χ0) is 40.4. The molecule has 56 heavy (non-hydrogen) atoms. The number of aliphatic hydroxyl groups excluding tert-OH is 1. The van der Waals surface area contributed by atoms with Gasteiger partial charge in [-0.3, -0.25) is 19.2 Å². The number of rotatable bonds is 7. The Balaban J connectivity index is 0.870. The third-order valence-electron chi connectivity index (χ3n) is 18.1. The van der Waals surface area contributed by atoms with Gasteiger partial charge in [0.1, 0.15) is 11.7 Å². The number of carbonyl (C=O) groups excluding carboxylic acids is 4. The molecule has 0 aliphatic heterocycles. The molecule has 0 aromatic rings. The zero-order valence-electron chi connectivity index (χ0n) is 34.3. The van der Waals surface area contributed by atoms with Crippen LogP contribution in [0.1, 0.15) is 125 Å². The average Bonchev–Trinajstić information content (AvgIpc) is 3.57. The first kappa shape index (κ1) is 39.9. The number of fused-ring (bicyclic) bond motifs is 10. The summed E-state index contributed by atoms with van der Waals surface area (Å²) in [4.78, 5) is 52.5. The lowest BCUT2D eigenvalue weighted by Crippen LogP contribution is -2.69. The molecule has 0 amide bonds. The highest BCUT2D eigenvalue weighted by atomic mass is 19.1. The highest BCUT2D eigenvalue weighted by Gasteiger charge is 2.75. The smallest absolute Gasteiger partial charge is 0.306 e. The summed E-state index contributed by atoms with van der Waals surface area (Å²) in [6.45, 7) is 15.7. The Morgan fingerprint density at radius 2 is 1.64 bits per heavy atom. The second-order valence-corrected chi connectivity index (χ2v) is 20.5. The zero-order valence-corrected chi connectivity index (χ0v) is 34.3. The third-order valence-corrected chi connectivity index (χ3v) is 18.1. The van der Waals surface area contributed by atoms with Crippen LogP contribution in [0, 0.1) is 63.1 Å². The normalized spacial score (nSPS) is 48.9. The highest BCUT2D eigenvalue weighted by molar-refractivity contribution is 5.92. The van der Waals surface area contributed by atoms with E-state index in [0.29, 0.717) is 49.4 Å². The van der Waals surface area contributed by atoms with E-state index in [1.165, 1.54) is 5.57 Å². The van der Waals surface area contributed by atoms with Gasteiger partial charge in [-0.25, -0.2) is 4.39 Å². The van der Waals surface area contributed by atoms with Gasteiger partial charge in [0.05, 0.1) is 18.9 Å². The van der Waals surface area contributed by atoms with Crippen molar-refractivity contribution in [2.45, 2.75) is 148 Å². The van der Waals surface area contributed by atoms with Crippen LogP contribution in [-0.4, -0.2) is 63.8 Å². The number of alkyl halides is 1. The van der Waals surface area contributed by atoms with E-state index < -0.39 is 64.4 Å². The van der Waals surface area contributed by atoms with Gasteiger partial charge in [-0.05, 0) is 124 Å². The number of hydrogen-bond donors (Lipinski definition) is 2. The minimum absolute atomic E-state index is 0.0605. The van der Waals surface area contributed by atoms with Gasteiger partial charge in [0, 0.05) is 28.6 Å². The van der Waals surface area contributed by atoms with Crippen molar-refractivity contribution in [2.75, 3.05) is 6.61 Å². The maximum Gasteiger partial charge on any atom is 0.306 e. The van der Waals surface area contributed by atoms with Crippen molar-refractivity contribution in [3.63, 3.8) is 0 Å². The largest absolute Gasteiger partial charge is 0.462 e. The molecule has 0 spiro atoms. The van der Waals surface area contributed by atoms with E-state index in [-0.39, 0.29) is 47.9 Å². The Hall–Kier alpha value is -2.91. The Morgan fingerprint density at radius 3 is 2.39 bits per heavy atom. The van der Waals surface area contributed by atoms with Crippen molar-refractivity contribution in [1.29, 1.82) is 0 Å². The van der Waals surface area contributed by atoms with E-state index in [9.17, 15) is 29.4 Å². The van der Waals surface area contributed by atoms with Gasteiger partial charge in [0.15, 0.2) is 18.1 Å². The molecule has 8 rings (SSSR count). The molecule has 8 aliphatic rings. The van der Waals surface area contributed by atoms with Gasteiger partial charge < -0.3 is 19.7 Å². The van der Waals surface area contributed by atoms with E-state index in [4.69, 9.17) is 9.47 Å². The van der Waals surface area contributed by atoms with E-state index in [1.54, 1.807) is 19.9 Å². The predicted molar refractivity (Wildman–Crippen MR) is 208 cm³/mol. The van der Waals surface area contributed by atoms with E-state index in [0.717, 1.165) is 49.7 Å². The maximum atomic E-state index is 17.6. The fourth-order valence-electron chi connectivity index (χ4n) is 15.0. The maximum absolute atomic E-state index is 17.6. The Labute approximate surface area is 331 Å². The molecule has 306 valence electrons. The summed E-state index contributed by atoms with van der Waals surface area (Å²) >= 11 is 0. The number of esters is 2. The summed E-state index contributed by atoms with van der Waals surface area (Å²) in [5.74, 6) is -1.16. The molecular weight excluding hydrogens is 712 g/mol. The second kappa shape index (κ2) is 13.3. The molecule has 0 aromatic carbocycles. The number of ether oxygens (including phenoxy) is 2. The molecule has 9 heteroatoms. The molecule has 0 aromatic heterocycles. The van der Waals surface area contributed by atoms with Gasteiger partial charge in [0.2, 0.25) is 5.78 Å². The molecule has 0 radical (unpaired) electrons. The summed E-state index contributed by atoms with van der Waals surface area (Å²) in [6.07, 6.45) is 13.1. The molecule has 8 aliphatic carbocycles. The van der Waals surface area contributed by atoms with Crippen LogP contribution in [0.5, 0.6) is 0 Å². The van der Waals surface area contributed by atoms with E-state index in [2.05, 4.69) is 27.4 Å². The quantitative estimate of drug-likeness (QED) is 0.250. The van der Waals surface area contributed by atoms with Crippen LogP contribution < -0.4 is 0 Å². The number of halogens is 1. The summed E-state index contributed by atoms with van der Waals surface area (Å²) in [6, 6.07) is 0. The first-order valence-corrected chi connectivity index (χ1v) is 21.5. The van der Waals surface area contributed by atoms with E-state index >= 15 is 4.39 Å². The van der Waals surface area contributed by atoms with Gasteiger partial charge in [-0.15, -0.1) is 0 Å². The standard InChI is InChI=1S/C47H63FO8/c1-26-14-19-44(6)29(20-26)8-9-32-35-22-28(3)47(54,45(35,7)24-36(50)46(32,44)48)37(51)25-55-39(52)12-13-40(53)56-38-11-10-33-41-27(2)21-30-23-31(49)15-17-42(30,4)34(41)16-18-43(33,38)5/h14,19-20,23,27-28,32-36,38,41,50,54H,1,8-13,15-18,21-22,24-25H2,2-7H3/t27-,28+,32?,33?,34?,35?,36+,38+,41?,42+,43+,44+,45+,46+,47+/m1/s1. The number of carbonyl (C=O) groups is 4. The Morgan fingerprint density at radius 1 is 0.911 bits per heavy atom. The van der Waals surface area contributed by atoms with Crippen LogP contribution in [0.2, 0.25) is 0 Å². The van der Waals surface area contributed by atoms with Gasteiger partial charge >= 0.3 is 11.9 Å². The molecule has 0 saturated heterocycles. The molecule has 15 atom stereocenters. The van der Waals surface area contributed by atoms with Crippen LogP contribution in [-0.2, 0) is 28.7 Å². The lowest BCUT2D eigenvalue weighted by atomic mass is 9.44. The highest BCUT2D eigenvalue weighted by Crippen LogP contribution is 2.71.